The summed E-state index contributed by atoms with van der Waals surface area (Å²) in [7, 11) is 0. The number of carbonyl (C=O) groups is 2. The van der Waals surface area contributed by atoms with Crippen molar-refractivity contribution < 1.29 is 9.59 Å². The molecular weight excluding hydrogens is 352 g/mol. The van der Waals surface area contributed by atoms with Crippen molar-refractivity contribution in [3.8, 4) is 0 Å². The fourth-order valence-corrected chi connectivity index (χ4v) is 3.22. The number of hydrogen-bond donors (Lipinski definition) is 2. The molecule has 2 heterocycles. The van der Waals surface area contributed by atoms with Crippen LogP contribution in [0.4, 0.5) is 16.2 Å². The van der Waals surface area contributed by atoms with Crippen LogP contribution in [0.3, 0.4) is 0 Å². The van der Waals surface area contributed by atoms with Gasteiger partial charge in [-0.3, -0.25) is 14.7 Å². The van der Waals surface area contributed by atoms with Crippen molar-refractivity contribution in [2.45, 2.75) is 0 Å². The van der Waals surface area contributed by atoms with Crippen LogP contribution in [-0.4, -0.2) is 30.0 Å². The van der Waals surface area contributed by atoms with E-state index in [4.69, 9.17) is 11.6 Å². The van der Waals surface area contributed by atoms with Crippen LogP contribution in [0.1, 0.15) is 10.4 Å². The Kier molecular flexibility index (Phi) is 4.18. The van der Waals surface area contributed by atoms with Crippen LogP contribution < -0.4 is 15.5 Å². The second-order valence-corrected chi connectivity index (χ2v) is 6.35. The van der Waals surface area contributed by atoms with E-state index in [9.17, 15) is 9.59 Å². The highest BCUT2D eigenvalue weighted by Gasteiger charge is 2.21. The maximum absolute atomic E-state index is 12.8. The van der Waals surface area contributed by atoms with Crippen molar-refractivity contribution in [1.29, 1.82) is 0 Å². The van der Waals surface area contributed by atoms with E-state index in [1.807, 2.05) is 12.1 Å². The zero-order valence-electron chi connectivity index (χ0n) is 13.7. The first-order chi connectivity index (χ1) is 12.6. The van der Waals surface area contributed by atoms with Crippen LogP contribution in [0, 0.1) is 0 Å². The Bertz CT molecular complexity index is 1020. The van der Waals surface area contributed by atoms with Gasteiger partial charge in [-0.15, -0.1) is 0 Å². The van der Waals surface area contributed by atoms with E-state index in [0.717, 1.165) is 11.1 Å². The number of halogens is 1. The number of amides is 3. The molecule has 6 nitrogen and oxygen atoms in total. The van der Waals surface area contributed by atoms with E-state index in [1.165, 1.54) is 0 Å². The summed E-state index contributed by atoms with van der Waals surface area (Å²) in [6, 6.07) is 14.1. The quantitative estimate of drug-likeness (QED) is 0.742. The van der Waals surface area contributed by atoms with E-state index in [2.05, 4.69) is 15.6 Å². The molecule has 2 N–H and O–H groups in total. The lowest BCUT2D eigenvalue weighted by atomic mass is 10.1. The van der Waals surface area contributed by atoms with Gasteiger partial charge in [0, 0.05) is 41.1 Å². The molecule has 1 fully saturated rings. The molecule has 0 unspecified atom stereocenters. The number of aromatic nitrogens is 1. The Balaban J connectivity index is 1.64. The molecule has 0 saturated carbocycles. The molecule has 0 atom stereocenters. The third kappa shape index (κ3) is 3.07. The lowest BCUT2D eigenvalue weighted by molar-refractivity contribution is 0.102. The van der Waals surface area contributed by atoms with Crippen LogP contribution in [0.5, 0.6) is 0 Å². The lowest BCUT2D eigenvalue weighted by Crippen LogP contribution is -2.27. The zero-order valence-corrected chi connectivity index (χ0v) is 14.5. The van der Waals surface area contributed by atoms with Gasteiger partial charge in [0.15, 0.2) is 0 Å². The van der Waals surface area contributed by atoms with Gasteiger partial charge >= 0.3 is 6.03 Å². The first-order valence-electron chi connectivity index (χ1n) is 8.13. The van der Waals surface area contributed by atoms with Crippen molar-refractivity contribution in [3.05, 3.63) is 65.3 Å². The zero-order chi connectivity index (χ0) is 18.1. The molecule has 0 aliphatic carbocycles. The van der Waals surface area contributed by atoms with Gasteiger partial charge in [0.05, 0.1) is 11.1 Å². The number of nitrogens with zero attached hydrogens (tertiary/aromatic N) is 2. The molecule has 0 spiro atoms. The fourth-order valence-electron chi connectivity index (χ4n) is 3.00. The molecule has 7 heteroatoms. The molecule has 0 bridgehead atoms. The average Bonchev–Trinajstić information content (AvgIpc) is 3.07. The Hall–Kier alpha value is -3.12. The first kappa shape index (κ1) is 16.4. The van der Waals surface area contributed by atoms with E-state index < -0.39 is 0 Å². The third-order valence-corrected chi connectivity index (χ3v) is 4.40. The van der Waals surface area contributed by atoms with E-state index in [1.54, 1.807) is 47.5 Å². The molecule has 1 aromatic heterocycles. The summed E-state index contributed by atoms with van der Waals surface area (Å²) in [5.41, 5.74) is 2.31. The van der Waals surface area contributed by atoms with Crippen LogP contribution in [0.25, 0.3) is 10.9 Å². The smallest absolute Gasteiger partial charge is 0.321 e. The molecule has 2 aromatic carbocycles. The highest BCUT2D eigenvalue weighted by molar-refractivity contribution is 6.32. The fraction of sp³-hybridized carbons (Fsp3) is 0.105. The lowest BCUT2D eigenvalue weighted by Gasteiger charge is -2.15. The van der Waals surface area contributed by atoms with Crippen molar-refractivity contribution in [3.63, 3.8) is 0 Å². The van der Waals surface area contributed by atoms with Crippen molar-refractivity contribution in [2.75, 3.05) is 23.3 Å². The van der Waals surface area contributed by atoms with Gasteiger partial charge in [-0.1, -0.05) is 23.7 Å². The maximum atomic E-state index is 12.8. The van der Waals surface area contributed by atoms with Gasteiger partial charge in [-0.2, -0.15) is 0 Å². The Labute approximate surface area is 154 Å². The normalized spacial score (nSPS) is 13.7. The van der Waals surface area contributed by atoms with Crippen LogP contribution >= 0.6 is 11.6 Å². The second-order valence-electron chi connectivity index (χ2n) is 5.92. The second kappa shape index (κ2) is 6.65. The maximum Gasteiger partial charge on any atom is 0.321 e. The van der Waals surface area contributed by atoms with Crippen molar-refractivity contribution in [2.24, 2.45) is 0 Å². The third-order valence-electron chi connectivity index (χ3n) is 4.19. The SMILES string of the molecule is O=C(Nc1cccc(N2CCNC2=O)c1)c1cc(Cl)cc2cccnc12. The molecule has 1 aliphatic rings. The number of carbonyl (C=O) groups excluding carboxylic acids is 2. The predicted molar refractivity (Wildman–Crippen MR) is 102 cm³/mol. The summed E-state index contributed by atoms with van der Waals surface area (Å²) >= 11 is 6.14. The number of anilines is 2. The number of nitrogens with one attached hydrogen (secondary N) is 2. The Morgan fingerprint density at radius 2 is 2.08 bits per heavy atom. The van der Waals surface area contributed by atoms with Crippen LogP contribution in [-0.2, 0) is 0 Å². The van der Waals surface area contributed by atoms with Crippen LogP contribution in [0.15, 0.2) is 54.7 Å². The van der Waals surface area contributed by atoms with Gasteiger partial charge in [-0.05, 0) is 36.4 Å². The summed E-state index contributed by atoms with van der Waals surface area (Å²) in [6.07, 6.45) is 1.64. The Morgan fingerprint density at radius 1 is 1.19 bits per heavy atom. The number of hydrogen-bond acceptors (Lipinski definition) is 3. The van der Waals surface area contributed by atoms with Crippen LogP contribution in [0.2, 0.25) is 5.02 Å². The molecule has 3 aromatic rings. The number of benzene rings is 2. The summed E-state index contributed by atoms with van der Waals surface area (Å²) < 4.78 is 0. The average molecular weight is 367 g/mol. The minimum atomic E-state index is -0.306. The molecular formula is C19H15ClN4O2. The molecule has 0 radical (unpaired) electrons. The minimum absolute atomic E-state index is 0.140. The standard InChI is InChI=1S/C19H15ClN4O2/c20-13-9-12-3-2-6-21-17(12)16(10-13)18(25)23-14-4-1-5-15(11-14)24-8-7-22-19(24)26/h1-6,9-11H,7-8H2,(H,22,26)(H,23,25). The first-order valence-corrected chi connectivity index (χ1v) is 8.51. The summed E-state index contributed by atoms with van der Waals surface area (Å²) in [5.74, 6) is -0.306. The number of fused-ring (bicyclic) bond motifs is 1. The summed E-state index contributed by atoms with van der Waals surface area (Å²) in [6.45, 7) is 1.20. The van der Waals surface area contributed by atoms with Gasteiger partial charge in [0.25, 0.3) is 5.91 Å². The summed E-state index contributed by atoms with van der Waals surface area (Å²) in [5, 5.41) is 6.89. The number of urea groups is 1. The molecule has 4 rings (SSSR count). The summed E-state index contributed by atoms with van der Waals surface area (Å²) in [4.78, 5) is 30.5. The van der Waals surface area contributed by atoms with E-state index in [-0.39, 0.29) is 11.9 Å². The minimum Gasteiger partial charge on any atom is -0.336 e. The van der Waals surface area contributed by atoms with E-state index in [0.29, 0.717) is 34.9 Å². The number of rotatable bonds is 3. The molecule has 1 saturated heterocycles. The molecule has 1 aliphatic heterocycles. The topological polar surface area (TPSA) is 74.3 Å². The number of pyridine rings is 1. The highest BCUT2D eigenvalue weighted by atomic mass is 35.5. The molecule has 130 valence electrons. The van der Waals surface area contributed by atoms with Gasteiger partial charge < -0.3 is 10.6 Å². The van der Waals surface area contributed by atoms with Crippen molar-refractivity contribution in [1.82, 2.24) is 10.3 Å². The van der Waals surface area contributed by atoms with Crippen molar-refractivity contribution >= 4 is 45.8 Å². The largest absolute Gasteiger partial charge is 0.336 e. The highest BCUT2D eigenvalue weighted by Crippen LogP contribution is 2.25. The van der Waals surface area contributed by atoms with Gasteiger partial charge in [0.1, 0.15) is 0 Å². The van der Waals surface area contributed by atoms with Gasteiger partial charge in [-0.25, -0.2) is 4.79 Å². The molecule has 3 amide bonds. The van der Waals surface area contributed by atoms with E-state index >= 15 is 0 Å². The monoisotopic (exact) mass is 366 g/mol. The predicted octanol–water partition coefficient (Wildman–Crippen LogP) is 3.67. The molecule has 26 heavy (non-hydrogen) atoms. The Morgan fingerprint density at radius 3 is 2.88 bits per heavy atom. The van der Waals surface area contributed by atoms with Gasteiger partial charge in [0.2, 0.25) is 0 Å².